The zero-order valence-electron chi connectivity index (χ0n) is 16.4. The predicted octanol–water partition coefficient (Wildman–Crippen LogP) is 7.08. The van der Waals surface area contributed by atoms with Crippen molar-refractivity contribution in [2.24, 2.45) is 0 Å². The standard InChI is InChI=1S/C25H20N2OS2/c1-29-18-13-10-17(11-14-18)24(27-25-26-20-8-4-5-9-22(20)30-25)23-19-7-3-2-6-16(19)12-15-21(23)28/h2-15,24,28H,1H3,(H,26,27). The molecule has 0 saturated carbocycles. The molecular weight excluding hydrogens is 408 g/mol. The number of hydrogen-bond acceptors (Lipinski definition) is 5. The van der Waals surface area contributed by atoms with Crippen LogP contribution in [0.5, 0.6) is 5.75 Å². The van der Waals surface area contributed by atoms with Gasteiger partial charge in [-0.25, -0.2) is 4.98 Å². The van der Waals surface area contributed by atoms with E-state index in [1.165, 1.54) is 4.90 Å². The van der Waals surface area contributed by atoms with Gasteiger partial charge < -0.3 is 10.4 Å². The Morgan fingerprint density at radius 2 is 1.67 bits per heavy atom. The van der Waals surface area contributed by atoms with E-state index in [4.69, 9.17) is 4.98 Å². The van der Waals surface area contributed by atoms with Crippen molar-refractivity contribution in [1.82, 2.24) is 4.98 Å². The molecule has 5 heteroatoms. The third-order valence-electron chi connectivity index (χ3n) is 5.25. The number of nitrogens with one attached hydrogen (secondary N) is 1. The summed E-state index contributed by atoms with van der Waals surface area (Å²) in [6.07, 6.45) is 2.07. The summed E-state index contributed by atoms with van der Waals surface area (Å²) in [4.78, 5) is 5.98. The average molecular weight is 429 g/mol. The molecule has 0 saturated heterocycles. The SMILES string of the molecule is CSc1ccc(C(Nc2nc3ccccc3s2)c2c(O)ccc3ccccc23)cc1. The first-order valence-corrected chi connectivity index (χ1v) is 11.7. The van der Waals surface area contributed by atoms with Gasteiger partial charge >= 0.3 is 0 Å². The molecule has 0 spiro atoms. The van der Waals surface area contributed by atoms with Crippen molar-refractivity contribution >= 4 is 49.2 Å². The van der Waals surface area contributed by atoms with Gasteiger partial charge in [-0.15, -0.1) is 11.8 Å². The second kappa shape index (κ2) is 8.01. The lowest BCUT2D eigenvalue weighted by Gasteiger charge is -2.22. The molecule has 5 rings (SSSR count). The molecule has 0 aliphatic rings. The number of aromatic nitrogens is 1. The maximum absolute atomic E-state index is 10.9. The summed E-state index contributed by atoms with van der Waals surface area (Å²) in [5.41, 5.74) is 2.92. The first-order valence-electron chi connectivity index (χ1n) is 9.69. The zero-order valence-corrected chi connectivity index (χ0v) is 18.0. The quantitative estimate of drug-likeness (QED) is 0.294. The molecule has 1 heterocycles. The first kappa shape index (κ1) is 19.0. The average Bonchev–Trinajstić information content (AvgIpc) is 3.20. The van der Waals surface area contributed by atoms with Crippen LogP contribution >= 0.6 is 23.1 Å². The van der Waals surface area contributed by atoms with Crippen molar-refractivity contribution < 1.29 is 5.11 Å². The van der Waals surface area contributed by atoms with Crippen LogP contribution in [0.4, 0.5) is 5.13 Å². The summed E-state index contributed by atoms with van der Waals surface area (Å²) in [6.45, 7) is 0. The van der Waals surface area contributed by atoms with Gasteiger partial charge in [0.15, 0.2) is 5.13 Å². The van der Waals surface area contributed by atoms with Crippen LogP contribution in [0, 0.1) is 0 Å². The lowest BCUT2D eigenvalue weighted by atomic mass is 9.93. The Balaban J connectivity index is 1.67. The summed E-state index contributed by atoms with van der Waals surface area (Å²) >= 11 is 3.34. The number of aromatic hydroxyl groups is 1. The fourth-order valence-corrected chi connectivity index (χ4v) is 5.07. The molecule has 0 fully saturated rings. The van der Waals surface area contributed by atoms with E-state index >= 15 is 0 Å². The van der Waals surface area contributed by atoms with Crippen molar-refractivity contribution in [2.75, 3.05) is 11.6 Å². The van der Waals surface area contributed by atoms with Crippen molar-refractivity contribution in [3.05, 3.63) is 96.1 Å². The summed E-state index contributed by atoms with van der Waals surface area (Å²) < 4.78 is 1.14. The molecule has 0 radical (unpaired) electrons. The smallest absolute Gasteiger partial charge is 0.184 e. The zero-order chi connectivity index (χ0) is 20.5. The molecule has 1 aromatic heterocycles. The number of anilines is 1. The highest BCUT2D eigenvalue weighted by atomic mass is 32.2. The lowest BCUT2D eigenvalue weighted by Crippen LogP contribution is -2.13. The van der Waals surface area contributed by atoms with E-state index in [9.17, 15) is 5.11 Å². The Hall–Kier alpha value is -3.02. The fourth-order valence-electron chi connectivity index (χ4n) is 3.76. The van der Waals surface area contributed by atoms with Gasteiger partial charge in [-0.2, -0.15) is 0 Å². The Bertz CT molecular complexity index is 1300. The normalized spacial score (nSPS) is 12.3. The van der Waals surface area contributed by atoms with Crippen molar-refractivity contribution in [1.29, 1.82) is 0 Å². The Labute approximate surface area is 183 Å². The molecule has 5 aromatic rings. The maximum atomic E-state index is 10.9. The first-order chi connectivity index (χ1) is 14.7. The van der Waals surface area contributed by atoms with E-state index in [0.717, 1.165) is 37.2 Å². The van der Waals surface area contributed by atoms with E-state index in [-0.39, 0.29) is 11.8 Å². The number of nitrogens with zero attached hydrogens (tertiary/aromatic N) is 1. The molecule has 1 atom stereocenters. The molecule has 0 amide bonds. The lowest BCUT2D eigenvalue weighted by molar-refractivity contribution is 0.468. The van der Waals surface area contributed by atoms with Crippen LogP contribution in [0.1, 0.15) is 17.2 Å². The minimum Gasteiger partial charge on any atom is -0.508 e. The van der Waals surface area contributed by atoms with Gasteiger partial charge in [0, 0.05) is 10.5 Å². The van der Waals surface area contributed by atoms with Crippen molar-refractivity contribution in [2.45, 2.75) is 10.9 Å². The Morgan fingerprint density at radius 3 is 2.47 bits per heavy atom. The fraction of sp³-hybridized carbons (Fsp3) is 0.0800. The number of thioether (sulfide) groups is 1. The van der Waals surface area contributed by atoms with Crippen molar-refractivity contribution in [3.8, 4) is 5.75 Å². The number of thiazole rings is 1. The minimum absolute atomic E-state index is 0.229. The van der Waals surface area contributed by atoms with Gasteiger partial charge in [0.2, 0.25) is 0 Å². The summed E-state index contributed by atoms with van der Waals surface area (Å²) in [6, 6.07) is 28.3. The van der Waals surface area contributed by atoms with Crippen LogP contribution in [0.3, 0.4) is 0 Å². The van der Waals surface area contributed by atoms with Gasteiger partial charge in [0.1, 0.15) is 5.75 Å². The van der Waals surface area contributed by atoms with Crippen LogP contribution in [0.15, 0.2) is 89.8 Å². The van der Waals surface area contributed by atoms with E-state index in [2.05, 4.69) is 54.0 Å². The monoisotopic (exact) mass is 428 g/mol. The minimum atomic E-state index is -0.229. The molecule has 2 N–H and O–H groups in total. The van der Waals surface area contributed by atoms with Crippen LogP contribution in [0.25, 0.3) is 21.0 Å². The number of phenolic OH excluding ortho intramolecular Hbond substituents is 1. The number of para-hydroxylation sites is 1. The molecule has 4 aromatic carbocycles. The van der Waals surface area contributed by atoms with Crippen molar-refractivity contribution in [3.63, 3.8) is 0 Å². The van der Waals surface area contributed by atoms with Gasteiger partial charge in [0.05, 0.1) is 16.3 Å². The van der Waals surface area contributed by atoms with Crippen LogP contribution in [0.2, 0.25) is 0 Å². The van der Waals surface area contributed by atoms with E-state index in [1.807, 2.05) is 36.4 Å². The predicted molar refractivity (Wildman–Crippen MR) is 129 cm³/mol. The summed E-state index contributed by atoms with van der Waals surface area (Å²) in [5, 5.41) is 17.5. The number of rotatable bonds is 5. The highest BCUT2D eigenvalue weighted by molar-refractivity contribution is 7.98. The second-order valence-electron chi connectivity index (χ2n) is 7.06. The molecule has 0 aliphatic heterocycles. The molecule has 3 nitrogen and oxygen atoms in total. The van der Waals surface area contributed by atoms with Crippen LogP contribution in [-0.2, 0) is 0 Å². The molecule has 30 heavy (non-hydrogen) atoms. The molecule has 148 valence electrons. The Morgan fingerprint density at radius 1 is 0.900 bits per heavy atom. The number of phenols is 1. The third-order valence-corrected chi connectivity index (χ3v) is 6.96. The summed E-state index contributed by atoms with van der Waals surface area (Å²) in [5.74, 6) is 0.279. The maximum Gasteiger partial charge on any atom is 0.184 e. The highest BCUT2D eigenvalue weighted by Crippen LogP contribution is 2.39. The number of hydrogen-bond donors (Lipinski definition) is 2. The van der Waals surface area contributed by atoms with Crippen LogP contribution in [-0.4, -0.2) is 16.3 Å². The third kappa shape index (κ3) is 3.51. The molecule has 0 aliphatic carbocycles. The van der Waals surface area contributed by atoms with Crippen LogP contribution < -0.4 is 5.32 Å². The molecule has 0 bridgehead atoms. The number of benzene rings is 4. The van der Waals surface area contributed by atoms with E-state index in [1.54, 1.807) is 29.2 Å². The highest BCUT2D eigenvalue weighted by Gasteiger charge is 2.22. The van der Waals surface area contributed by atoms with Gasteiger partial charge in [-0.05, 0) is 52.9 Å². The van der Waals surface area contributed by atoms with Gasteiger partial charge in [0.25, 0.3) is 0 Å². The van der Waals surface area contributed by atoms with Gasteiger partial charge in [-0.1, -0.05) is 65.9 Å². The van der Waals surface area contributed by atoms with E-state index < -0.39 is 0 Å². The topological polar surface area (TPSA) is 45.2 Å². The summed E-state index contributed by atoms with van der Waals surface area (Å²) in [7, 11) is 0. The van der Waals surface area contributed by atoms with E-state index in [0.29, 0.717) is 0 Å². The molecule has 1 unspecified atom stereocenters. The second-order valence-corrected chi connectivity index (χ2v) is 8.97. The Kier molecular flexibility index (Phi) is 5.07. The molecular formula is C25H20N2OS2. The van der Waals surface area contributed by atoms with Gasteiger partial charge in [-0.3, -0.25) is 0 Å². The number of fused-ring (bicyclic) bond motifs is 2. The largest absolute Gasteiger partial charge is 0.508 e.